The Labute approximate surface area is 335 Å². The van der Waals surface area contributed by atoms with Gasteiger partial charge in [-0.25, -0.2) is 0 Å². The van der Waals surface area contributed by atoms with Crippen molar-refractivity contribution in [1.82, 2.24) is 30.0 Å². The average molecular weight is 793 g/mol. The van der Waals surface area contributed by atoms with Gasteiger partial charge in [0.25, 0.3) is 17.4 Å². The number of ether oxygens (including phenoxy) is 3. The van der Waals surface area contributed by atoms with Crippen molar-refractivity contribution in [2.75, 3.05) is 27.8 Å². The smallest absolute Gasteiger partial charge is 0.262 e. The number of hydrogen-bond acceptors (Lipinski definition) is 11. The lowest BCUT2D eigenvalue weighted by Crippen LogP contribution is -2.54. The normalized spacial score (nSPS) is 19.2. The predicted octanol–water partition coefficient (Wildman–Crippen LogP) is 4.13. The molecule has 1 saturated heterocycles. The summed E-state index contributed by atoms with van der Waals surface area (Å²) in [4.78, 5) is 82.9. The van der Waals surface area contributed by atoms with Crippen molar-refractivity contribution in [2.45, 2.75) is 82.5 Å². The molecule has 2 aromatic heterocycles. The number of rotatable bonds is 14. The van der Waals surface area contributed by atoms with E-state index < -0.39 is 29.7 Å². The molecule has 5 amide bonds. The van der Waals surface area contributed by atoms with Crippen LogP contribution >= 0.6 is 0 Å². The molecular formula is C43H48N6O9. The minimum Gasteiger partial charge on any atom is -0.496 e. The van der Waals surface area contributed by atoms with E-state index in [4.69, 9.17) is 14.2 Å². The Morgan fingerprint density at radius 2 is 1.62 bits per heavy atom. The van der Waals surface area contributed by atoms with Crippen molar-refractivity contribution >= 4 is 40.3 Å². The summed E-state index contributed by atoms with van der Waals surface area (Å²) in [6.07, 6.45) is 10.6. The monoisotopic (exact) mass is 792 g/mol. The number of benzene rings is 2. The molecule has 2 fully saturated rings. The number of methoxy groups -OCH3 is 2. The lowest BCUT2D eigenvalue weighted by Gasteiger charge is -2.29. The molecule has 58 heavy (non-hydrogen) atoms. The van der Waals surface area contributed by atoms with Gasteiger partial charge in [0, 0.05) is 57.1 Å². The first-order valence-electron chi connectivity index (χ1n) is 19.7. The fraction of sp³-hybridized carbons (Fsp3) is 0.419. The van der Waals surface area contributed by atoms with Crippen LogP contribution in [-0.4, -0.2) is 94.9 Å². The average Bonchev–Trinajstić information content (AvgIpc) is 3.47. The molecule has 1 aliphatic carbocycles. The molecule has 0 spiro atoms. The number of carbonyl (C=O) groups is 5. The molecule has 4 aromatic rings. The third-order valence-electron chi connectivity index (χ3n) is 11.4. The standard InChI is InChI=1S/C43H48N6O9/c1-47(24-34-36(56-3)19-25(20-37(34)57-4)33-23-48(2)41(53)32-22-44-18-16-29(32)33)39(51)7-5-6-17-45-26-8-10-27(11-9-26)58-28-12-13-30-31(21-28)43(55)49(42(30)54)35-14-15-38(50)46-40(35)52/h12-13,16,18-23,26-27,35,45H,5-11,14-15,17,24H2,1-4H3,(H,46,50,52). The number of aromatic nitrogens is 2. The van der Waals surface area contributed by atoms with Crippen LogP contribution in [0.3, 0.4) is 0 Å². The number of pyridine rings is 2. The molecule has 1 saturated carbocycles. The number of fused-ring (bicyclic) bond motifs is 2. The van der Waals surface area contributed by atoms with Crippen LogP contribution in [0, 0.1) is 0 Å². The van der Waals surface area contributed by atoms with E-state index in [9.17, 15) is 28.8 Å². The summed E-state index contributed by atoms with van der Waals surface area (Å²) in [7, 11) is 6.65. The van der Waals surface area contributed by atoms with Crippen LogP contribution in [0.15, 0.2) is 59.8 Å². The summed E-state index contributed by atoms with van der Waals surface area (Å²) in [6.45, 7) is 1.09. The second-order valence-electron chi connectivity index (χ2n) is 15.1. The van der Waals surface area contributed by atoms with Crippen LogP contribution in [-0.2, 0) is 28.0 Å². The summed E-state index contributed by atoms with van der Waals surface area (Å²) in [5, 5.41) is 7.12. The third-order valence-corrected chi connectivity index (χ3v) is 11.4. The molecule has 4 heterocycles. The maximum Gasteiger partial charge on any atom is 0.262 e. The first-order valence-corrected chi connectivity index (χ1v) is 19.7. The fourth-order valence-corrected chi connectivity index (χ4v) is 8.16. The van der Waals surface area contributed by atoms with E-state index in [-0.39, 0.29) is 41.5 Å². The second-order valence-corrected chi connectivity index (χ2v) is 15.1. The molecule has 2 N–H and O–H groups in total. The van der Waals surface area contributed by atoms with Crippen molar-refractivity contribution in [3.05, 3.63) is 82.0 Å². The van der Waals surface area contributed by atoms with Gasteiger partial charge in [0.2, 0.25) is 17.7 Å². The highest BCUT2D eigenvalue weighted by molar-refractivity contribution is 6.23. The van der Waals surface area contributed by atoms with Gasteiger partial charge in [-0.1, -0.05) is 0 Å². The number of nitrogens with one attached hydrogen (secondary N) is 2. The molecule has 0 bridgehead atoms. The molecule has 15 heteroatoms. The van der Waals surface area contributed by atoms with Crippen LogP contribution < -0.4 is 30.4 Å². The van der Waals surface area contributed by atoms with Crippen LogP contribution in [0.4, 0.5) is 0 Å². The van der Waals surface area contributed by atoms with E-state index in [0.717, 1.165) is 72.0 Å². The van der Waals surface area contributed by atoms with Gasteiger partial charge in [-0.2, -0.15) is 0 Å². The fourth-order valence-electron chi connectivity index (χ4n) is 8.16. The van der Waals surface area contributed by atoms with E-state index in [1.54, 1.807) is 70.0 Å². The van der Waals surface area contributed by atoms with Crippen molar-refractivity contribution in [2.24, 2.45) is 7.05 Å². The number of carbonyl (C=O) groups excluding carboxylic acids is 5. The molecule has 1 unspecified atom stereocenters. The van der Waals surface area contributed by atoms with Crippen molar-refractivity contribution in [3.63, 3.8) is 0 Å². The van der Waals surface area contributed by atoms with Crippen LogP contribution in [0.1, 0.15) is 84.1 Å². The summed E-state index contributed by atoms with van der Waals surface area (Å²) in [6, 6.07) is 9.77. The SMILES string of the molecule is COc1cc(-c2cn(C)c(=O)c3cnccc23)cc(OC)c1CN(C)C(=O)CCCCNC1CCC(Oc2ccc3c(c2)C(=O)N(C2CCC(=O)NC2=O)C3=O)CC1. The summed E-state index contributed by atoms with van der Waals surface area (Å²) >= 11 is 0. The van der Waals surface area contributed by atoms with E-state index in [1.807, 2.05) is 18.2 Å². The Morgan fingerprint density at radius 3 is 2.33 bits per heavy atom. The number of imide groups is 2. The summed E-state index contributed by atoms with van der Waals surface area (Å²) in [5.41, 5.74) is 2.68. The number of amides is 5. The summed E-state index contributed by atoms with van der Waals surface area (Å²) in [5.74, 6) is -0.485. The number of unbranched alkanes of at least 4 members (excludes halogenated alkanes) is 1. The topological polar surface area (TPSA) is 178 Å². The van der Waals surface area contributed by atoms with Gasteiger partial charge >= 0.3 is 0 Å². The molecule has 1 atom stereocenters. The van der Waals surface area contributed by atoms with Gasteiger partial charge in [0.1, 0.15) is 23.3 Å². The van der Waals surface area contributed by atoms with E-state index in [2.05, 4.69) is 15.6 Å². The number of nitrogens with zero attached hydrogens (tertiary/aromatic N) is 4. The Bertz CT molecular complexity index is 2310. The maximum absolute atomic E-state index is 13.2. The Kier molecular flexibility index (Phi) is 11.9. The minimum absolute atomic E-state index is 0.0173. The molecule has 3 aliphatic rings. The highest BCUT2D eigenvalue weighted by Gasteiger charge is 2.44. The third kappa shape index (κ3) is 8.17. The lowest BCUT2D eigenvalue weighted by molar-refractivity contribution is -0.136. The van der Waals surface area contributed by atoms with Crippen molar-refractivity contribution in [3.8, 4) is 28.4 Å². The zero-order valence-corrected chi connectivity index (χ0v) is 33.2. The highest BCUT2D eigenvalue weighted by atomic mass is 16.5. The van der Waals surface area contributed by atoms with E-state index in [1.165, 1.54) is 4.57 Å². The molecule has 304 valence electrons. The molecule has 0 radical (unpaired) electrons. The van der Waals surface area contributed by atoms with Crippen LogP contribution in [0.25, 0.3) is 21.9 Å². The molecule has 2 aliphatic heterocycles. The number of hydrogen-bond donors (Lipinski definition) is 2. The molecular weight excluding hydrogens is 745 g/mol. The zero-order valence-electron chi connectivity index (χ0n) is 33.2. The first kappa shape index (κ1) is 40.1. The molecule has 7 rings (SSSR count). The minimum atomic E-state index is -1.01. The van der Waals surface area contributed by atoms with Crippen LogP contribution in [0.2, 0.25) is 0 Å². The van der Waals surface area contributed by atoms with Gasteiger partial charge in [0.15, 0.2) is 0 Å². The number of aryl methyl sites for hydroxylation is 1. The maximum atomic E-state index is 13.2. The van der Waals surface area contributed by atoms with E-state index in [0.29, 0.717) is 41.6 Å². The Balaban J connectivity index is 0.855. The Hall–Kier alpha value is -6.09. The van der Waals surface area contributed by atoms with Gasteiger partial charge in [-0.3, -0.25) is 44.0 Å². The Morgan fingerprint density at radius 1 is 0.897 bits per heavy atom. The van der Waals surface area contributed by atoms with Gasteiger partial charge in [-0.05, 0) is 98.8 Å². The van der Waals surface area contributed by atoms with Crippen molar-refractivity contribution in [1.29, 1.82) is 0 Å². The van der Waals surface area contributed by atoms with Crippen LogP contribution in [0.5, 0.6) is 17.2 Å². The van der Waals surface area contributed by atoms with Gasteiger partial charge in [-0.15, -0.1) is 0 Å². The zero-order chi connectivity index (χ0) is 41.1. The largest absolute Gasteiger partial charge is 0.496 e. The lowest BCUT2D eigenvalue weighted by atomic mass is 9.92. The first-order chi connectivity index (χ1) is 28.0. The molecule has 2 aromatic carbocycles. The van der Waals surface area contributed by atoms with Crippen molar-refractivity contribution < 1.29 is 38.2 Å². The van der Waals surface area contributed by atoms with E-state index >= 15 is 0 Å². The number of piperidine rings is 1. The highest BCUT2D eigenvalue weighted by Crippen LogP contribution is 2.38. The van der Waals surface area contributed by atoms with Gasteiger partial charge < -0.3 is 29.0 Å². The predicted molar refractivity (Wildman–Crippen MR) is 214 cm³/mol. The quantitative estimate of drug-likeness (QED) is 0.139. The molecule has 15 nitrogen and oxygen atoms in total. The van der Waals surface area contributed by atoms with Gasteiger partial charge in [0.05, 0.1) is 48.9 Å². The summed E-state index contributed by atoms with van der Waals surface area (Å²) < 4.78 is 19.4. The second kappa shape index (κ2) is 17.2.